The van der Waals surface area contributed by atoms with Crippen LogP contribution in [0.4, 0.5) is 10.2 Å². The lowest BCUT2D eigenvalue weighted by atomic mass is 9.96. The molecule has 1 aliphatic heterocycles. The van der Waals surface area contributed by atoms with Gasteiger partial charge >= 0.3 is 0 Å². The lowest BCUT2D eigenvalue weighted by Crippen LogP contribution is -2.26. The predicted octanol–water partition coefficient (Wildman–Crippen LogP) is 3.21. The quantitative estimate of drug-likeness (QED) is 0.519. The Kier molecular flexibility index (Phi) is 4.96. The molecule has 0 aliphatic carbocycles. The maximum atomic E-state index is 13.5. The SMILES string of the molecule is N#CCC(C1CCN(c2ncc(F)cc2C#N)C1)n1cc(-c2ncnc3[nH]ccc23)cn1. The van der Waals surface area contributed by atoms with Gasteiger partial charge in [0.25, 0.3) is 0 Å². The zero-order chi connectivity index (χ0) is 22.1. The highest BCUT2D eigenvalue weighted by Crippen LogP contribution is 2.34. The van der Waals surface area contributed by atoms with E-state index in [1.165, 1.54) is 12.4 Å². The molecule has 32 heavy (non-hydrogen) atoms. The molecule has 0 bridgehead atoms. The molecule has 9 nitrogen and oxygen atoms in total. The van der Waals surface area contributed by atoms with Crippen LogP contribution < -0.4 is 4.90 Å². The standard InChI is InChI=1S/C22H18FN9/c23-17-7-15(8-25)22(27-10-17)31-6-3-14(11-31)19(1-4-24)32-12-16(9-30-32)20-18-2-5-26-21(18)29-13-28-20/h2,5,7,9-10,12-14,19H,1,3,6,11H2,(H,26,28,29). The van der Waals surface area contributed by atoms with Crippen LogP contribution in [0.2, 0.25) is 0 Å². The zero-order valence-corrected chi connectivity index (χ0v) is 17.0. The topological polar surface area (TPSA) is 123 Å². The third-order valence-corrected chi connectivity index (χ3v) is 5.89. The van der Waals surface area contributed by atoms with E-state index in [4.69, 9.17) is 0 Å². The van der Waals surface area contributed by atoms with Crippen LogP contribution in [0.3, 0.4) is 0 Å². The van der Waals surface area contributed by atoms with Crippen LogP contribution in [0.5, 0.6) is 0 Å². The van der Waals surface area contributed by atoms with Crippen LogP contribution in [0.25, 0.3) is 22.3 Å². The Morgan fingerprint density at radius 2 is 2.16 bits per heavy atom. The molecule has 1 N–H and O–H groups in total. The maximum absolute atomic E-state index is 13.5. The average Bonchev–Trinajstić information content (AvgIpc) is 3.57. The first-order chi connectivity index (χ1) is 15.7. The Hall–Kier alpha value is -4.31. The van der Waals surface area contributed by atoms with Crippen molar-refractivity contribution in [2.45, 2.75) is 18.9 Å². The van der Waals surface area contributed by atoms with Crippen molar-refractivity contribution in [3.8, 4) is 23.4 Å². The molecule has 1 saturated heterocycles. The van der Waals surface area contributed by atoms with Gasteiger partial charge in [-0.15, -0.1) is 0 Å². The summed E-state index contributed by atoms with van der Waals surface area (Å²) in [7, 11) is 0. The number of rotatable bonds is 5. The van der Waals surface area contributed by atoms with Gasteiger partial charge in [0, 0.05) is 42.4 Å². The third kappa shape index (κ3) is 3.42. The van der Waals surface area contributed by atoms with Gasteiger partial charge in [0.05, 0.1) is 42.2 Å². The van der Waals surface area contributed by atoms with Crippen molar-refractivity contribution < 1.29 is 4.39 Å². The zero-order valence-electron chi connectivity index (χ0n) is 17.0. The first-order valence-electron chi connectivity index (χ1n) is 10.2. The molecule has 5 heterocycles. The summed E-state index contributed by atoms with van der Waals surface area (Å²) >= 11 is 0. The van der Waals surface area contributed by atoms with Crippen molar-refractivity contribution in [1.29, 1.82) is 10.5 Å². The molecule has 4 aromatic rings. The lowest BCUT2D eigenvalue weighted by molar-refractivity contribution is 0.332. The second kappa shape index (κ2) is 8.08. The van der Waals surface area contributed by atoms with Gasteiger partial charge in [0.2, 0.25) is 0 Å². The smallest absolute Gasteiger partial charge is 0.146 e. The number of nitrogens with one attached hydrogen (secondary N) is 1. The van der Waals surface area contributed by atoms with Gasteiger partial charge in [-0.25, -0.2) is 19.3 Å². The maximum Gasteiger partial charge on any atom is 0.146 e. The number of aromatic nitrogens is 6. The number of hydrogen-bond donors (Lipinski definition) is 1. The molecule has 0 amide bonds. The molecule has 4 aromatic heterocycles. The molecule has 2 atom stereocenters. The van der Waals surface area contributed by atoms with E-state index in [0.717, 1.165) is 34.9 Å². The summed E-state index contributed by atoms with van der Waals surface area (Å²) < 4.78 is 15.3. The summed E-state index contributed by atoms with van der Waals surface area (Å²) in [5, 5.41) is 24.3. The lowest BCUT2D eigenvalue weighted by Gasteiger charge is -2.23. The Bertz CT molecular complexity index is 1360. The number of pyridine rings is 1. The highest BCUT2D eigenvalue weighted by molar-refractivity contribution is 5.89. The first-order valence-corrected chi connectivity index (χ1v) is 10.2. The van der Waals surface area contributed by atoms with E-state index in [1.54, 1.807) is 6.20 Å². The molecule has 0 aromatic carbocycles. The highest BCUT2D eigenvalue weighted by Gasteiger charge is 2.33. The Labute approximate surface area is 182 Å². The summed E-state index contributed by atoms with van der Waals surface area (Å²) in [5.74, 6) is 0.0660. The normalized spacial score (nSPS) is 16.7. The van der Waals surface area contributed by atoms with Crippen molar-refractivity contribution in [3.05, 3.63) is 54.6 Å². The van der Waals surface area contributed by atoms with Crippen LogP contribution in [-0.4, -0.2) is 42.8 Å². The van der Waals surface area contributed by atoms with E-state index in [-0.39, 0.29) is 17.5 Å². The van der Waals surface area contributed by atoms with Crippen LogP contribution in [0, 0.1) is 34.4 Å². The molecule has 158 valence electrons. The molecule has 0 radical (unpaired) electrons. The fourth-order valence-corrected chi connectivity index (χ4v) is 4.37. The Balaban J connectivity index is 1.41. The van der Waals surface area contributed by atoms with E-state index >= 15 is 0 Å². The molecule has 2 unspecified atom stereocenters. The molecule has 0 spiro atoms. The Morgan fingerprint density at radius 1 is 1.25 bits per heavy atom. The third-order valence-electron chi connectivity index (χ3n) is 5.89. The van der Waals surface area contributed by atoms with Gasteiger partial charge in [0.15, 0.2) is 0 Å². The summed E-state index contributed by atoms with van der Waals surface area (Å²) in [6.45, 7) is 1.27. The minimum atomic E-state index is -0.534. The minimum Gasteiger partial charge on any atom is -0.355 e. The van der Waals surface area contributed by atoms with E-state index in [9.17, 15) is 14.9 Å². The second-order valence-corrected chi connectivity index (χ2v) is 7.73. The number of hydrogen-bond acceptors (Lipinski definition) is 7. The van der Waals surface area contributed by atoms with Crippen molar-refractivity contribution in [2.75, 3.05) is 18.0 Å². The second-order valence-electron chi connectivity index (χ2n) is 7.73. The average molecular weight is 427 g/mol. The van der Waals surface area contributed by atoms with Crippen LogP contribution >= 0.6 is 0 Å². The summed E-state index contributed by atoms with van der Waals surface area (Å²) in [4.78, 5) is 17.8. The van der Waals surface area contributed by atoms with Gasteiger partial charge in [-0.05, 0) is 18.6 Å². The highest BCUT2D eigenvalue weighted by atomic mass is 19.1. The molecule has 1 fully saturated rings. The van der Waals surface area contributed by atoms with Gasteiger partial charge in [-0.2, -0.15) is 15.6 Å². The molecule has 5 rings (SSSR count). The monoisotopic (exact) mass is 427 g/mol. The van der Waals surface area contributed by atoms with E-state index in [1.807, 2.05) is 34.1 Å². The number of anilines is 1. The number of H-pyrrole nitrogens is 1. The fraction of sp³-hybridized carbons (Fsp3) is 0.273. The van der Waals surface area contributed by atoms with Crippen LogP contribution in [0.15, 0.2) is 43.2 Å². The fourth-order valence-electron chi connectivity index (χ4n) is 4.37. The predicted molar refractivity (Wildman–Crippen MR) is 114 cm³/mol. The van der Waals surface area contributed by atoms with Crippen molar-refractivity contribution in [1.82, 2.24) is 29.7 Å². The molecule has 10 heteroatoms. The van der Waals surface area contributed by atoms with Gasteiger partial charge in [-0.3, -0.25) is 4.68 Å². The molecule has 0 saturated carbocycles. The van der Waals surface area contributed by atoms with E-state index < -0.39 is 5.82 Å². The van der Waals surface area contributed by atoms with Crippen molar-refractivity contribution >= 4 is 16.9 Å². The number of halogens is 1. The van der Waals surface area contributed by atoms with Crippen molar-refractivity contribution in [2.24, 2.45) is 5.92 Å². The molecular formula is C22H18FN9. The summed E-state index contributed by atoms with van der Waals surface area (Å²) in [5.41, 5.74) is 2.59. The Morgan fingerprint density at radius 3 is 3.00 bits per heavy atom. The number of aromatic amines is 1. The van der Waals surface area contributed by atoms with Crippen molar-refractivity contribution in [3.63, 3.8) is 0 Å². The summed E-state index contributed by atoms with van der Waals surface area (Å²) in [6, 6.07) is 7.27. The van der Waals surface area contributed by atoms with Gasteiger partial charge in [-0.1, -0.05) is 0 Å². The minimum absolute atomic E-state index is 0.124. The largest absolute Gasteiger partial charge is 0.355 e. The van der Waals surface area contributed by atoms with Gasteiger partial charge < -0.3 is 9.88 Å². The van der Waals surface area contributed by atoms with Gasteiger partial charge in [0.1, 0.15) is 29.7 Å². The summed E-state index contributed by atoms with van der Waals surface area (Å²) in [6.07, 6.45) is 9.22. The van der Waals surface area contributed by atoms with E-state index in [0.29, 0.717) is 25.3 Å². The van der Waals surface area contributed by atoms with Crippen LogP contribution in [-0.2, 0) is 0 Å². The number of fused-ring (bicyclic) bond motifs is 1. The van der Waals surface area contributed by atoms with E-state index in [2.05, 4.69) is 31.1 Å². The number of nitrogens with zero attached hydrogens (tertiary/aromatic N) is 8. The number of nitriles is 2. The molecular weight excluding hydrogens is 409 g/mol. The molecule has 1 aliphatic rings. The van der Waals surface area contributed by atoms with Crippen LogP contribution in [0.1, 0.15) is 24.4 Å². The first kappa shape index (κ1) is 19.6.